The lowest BCUT2D eigenvalue weighted by Crippen LogP contribution is -2.73. The van der Waals surface area contributed by atoms with E-state index >= 15 is 0 Å². The Kier molecular flexibility index (Phi) is 3.56. The van der Waals surface area contributed by atoms with E-state index in [0.29, 0.717) is 11.4 Å². The molecule has 5 N–H and O–H groups in total. The first kappa shape index (κ1) is 12.7. The molecule has 0 amide bonds. The van der Waals surface area contributed by atoms with Crippen LogP contribution in [0.25, 0.3) is 0 Å². The fourth-order valence-electron chi connectivity index (χ4n) is 1.49. The average molecular weight is 262 g/mol. The molecule has 0 bridgehead atoms. The van der Waals surface area contributed by atoms with E-state index in [9.17, 15) is 9.18 Å². The maximum absolute atomic E-state index is 12.7. The van der Waals surface area contributed by atoms with Crippen LogP contribution in [0.1, 0.15) is 5.69 Å². The highest BCUT2D eigenvalue weighted by molar-refractivity contribution is 5.88. The van der Waals surface area contributed by atoms with E-state index in [2.05, 4.69) is 20.3 Å². The predicted octanol–water partition coefficient (Wildman–Crippen LogP) is -0.644. The van der Waals surface area contributed by atoms with E-state index in [4.69, 9.17) is 5.73 Å². The molecule has 1 aromatic heterocycles. The molecule has 0 aliphatic carbocycles. The number of halogens is 1. The number of aromatic nitrogens is 2. The molecule has 1 heterocycles. The quantitative estimate of drug-likeness (QED) is 0.427. The van der Waals surface area contributed by atoms with Crippen molar-refractivity contribution in [2.24, 2.45) is 5.73 Å². The monoisotopic (exact) mass is 262 g/mol. The topological polar surface area (TPSA) is 97.8 Å². The van der Waals surface area contributed by atoms with Crippen molar-refractivity contribution in [2.45, 2.75) is 6.92 Å². The van der Waals surface area contributed by atoms with Crippen molar-refractivity contribution in [2.75, 3.05) is 5.32 Å². The van der Waals surface area contributed by atoms with Gasteiger partial charge in [-0.05, 0) is 31.2 Å². The molecule has 0 fully saturated rings. The van der Waals surface area contributed by atoms with Gasteiger partial charge in [0.1, 0.15) is 5.82 Å². The van der Waals surface area contributed by atoms with E-state index in [-0.39, 0.29) is 23.3 Å². The third kappa shape index (κ3) is 3.63. The highest BCUT2D eigenvalue weighted by Gasteiger charge is 2.04. The van der Waals surface area contributed by atoms with Gasteiger partial charge in [-0.15, -0.1) is 4.98 Å². The molecule has 7 heteroatoms. The first-order valence-electron chi connectivity index (χ1n) is 5.53. The summed E-state index contributed by atoms with van der Waals surface area (Å²) in [5, 5.41) is 2.81. The number of benzene rings is 1. The van der Waals surface area contributed by atoms with Gasteiger partial charge < -0.3 is 5.73 Å². The average Bonchev–Trinajstić information content (AvgIpc) is 2.30. The number of rotatable bonds is 2. The van der Waals surface area contributed by atoms with Gasteiger partial charge in [0.15, 0.2) is 0 Å². The highest BCUT2D eigenvalue weighted by atomic mass is 19.1. The molecule has 0 spiro atoms. The Morgan fingerprint density at radius 3 is 2.74 bits per heavy atom. The second-order valence-corrected chi connectivity index (χ2v) is 3.91. The number of nitrogens with one attached hydrogen (secondary N) is 3. The Hall–Kier alpha value is -2.70. The van der Waals surface area contributed by atoms with E-state index in [1.165, 1.54) is 30.3 Å². The SMILES string of the molecule is Cc1cc(=O)[nH]c([NH+]=C(N)Nc2ccc(F)cc2)n1. The summed E-state index contributed by atoms with van der Waals surface area (Å²) in [6.07, 6.45) is 0. The van der Waals surface area contributed by atoms with E-state index in [1.807, 2.05) is 0 Å². The molecule has 19 heavy (non-hydrogen) atoms. The molecular weight excluding hydrogens is 249 g/mol. The number of hydrogen-bond donors (Lipinski definition) is 4. The van der Waals surface area contributed by atoms with Crippen molar-refractivity contribution in [3.8, 4) is 0 Å². The summed E-state index contributed by atoms with van der Waals surface area (Å²) >= 11 is 0. The van der Waals surface area contributed by atoms with Crippen molar-refractivity contribution >= 4 is 17.6 Å². The number of nitrogens with two attached hydrogens (primary N) is 1. The number of nitrogens with zero attached hydrogens (tertiary/aromatic N) is 1. The van der Waals surface area contributed by atoms with Crippen LogP contribution in [0, 0.1) is 12.7 Å². The zero-order valence-electron chi connectivity index (χ0n) is 10.2. The van der Waals surface area contributed by atoms with Gasteiger partial charge in [0.2, 0.25) is 0 Å². The predicted molar refractivity (Wildman–Crippen MR) is 69.4 cm³/mol. The number of H-pyrrole nitrogens is 1. The van der Waals surface area contributed by atoms with Gasteiger partial charge in [-0.1, -0.05) is 0 Å². The molecule has 0 saturated heterocycles. The molecule has 98 valence electrons. The first-order chi connectivity index (χ1) is 9.02. The minimum Gasteiger partial charge on any atom is -0.322 e. The van der Waals surface area contributed by atoms with Gasteiger partial charge in [0.05, 0.1) is 11.4 Å². The fraction of sp³-hybridized carbons (Fsp3) is 0.0833. The lowest BCUT2D eigenvalue weighted by molar-refractivity contribution is -0.365. The van der Waals surface area contributed by atoms with Crippen LogP contribution < -0.4 is 21.6 Å². The van der Waals surface area contributed by atoms with Crippen LogP contribution in [0.5, 0.6) is 0 Å². The molecular formula is C12H13FN5O+. The third-order valence-electron chi connectivity index (χ3n) is 2.25. The third-order valence-corrected chi connectivity index (χ3v) is 2.25. The molecule has 0 aliphatic heterocycles. The number of hydrogen-bond acceptors (Lipinski definition) is 2. The lowest BCUT2D eigenvalue weighted by Gasteiger charge is -2.01. The van der Waals surface area contributed by atoms with Crippen LogP contribution in [0.3, 0.4) is 0 Å². The van der Waals surface area contributed by atoms with Gasteiger partial charge in [-0.3, -0.25) is 10.1 Å². The molecule has 0 radical (unpaired) electrons. The molecule has 0 unspecified atom stereocenters. The van der Waals surface area contributed by atoms with Crippen LogP contribution in [0.4, 0.5) is 16.0 Å². The van der Waals surface area contributed by atoms with Gasteiger partial charge in [0.25, 0.3) is 11.5 Å². The number of aromatic amines is 1. The Balaban J connectivity index is 2.18. The lowest BCUT2D eigenvalue weighted by atomic mass is 10.3. The molecule has 0 atom stereocenters. The first-order valence-corrected chi connectivity index (χ1v) is 5.53. The molecule has 1 aromatic carbocycles. The van der Waals surface area contributed by atoms with Crippen molar-refractivity contribution in [1.82, 2.24) is 9.97 Å². The Labute approximate surface area is 108 Å². The van der Waals surface area contributed by atoms with Crippen molar-refractivity contribution < 1.29 is 9.38 Å². The smallest absolute Gasteiger partial charge is 0.322 e. The Bertz CT molecular complexity index is 663. The van der Waals surface area contributed by atoms with E-state index in [1.54, 1.807) is 6.92 Å². The summed E-state index contributed by atoms with van der Waals surface area (Å²) in [7, 11) is 0. The van der Waals surface area contributed by atoms with E-state index in [0.717, 1.165) is 0 Å². The van der Waals surface area contributed by atoms with Crippen LogP contribution in [-0.4, -0.2) is 15.9 Å². The Morgan fingerprint density at radius 2 is 2.11 bits per heavy atom. The van der Waals surface area contributed by atoms with Crippen molar-refractivity contribution in [3.05, 3.63) is 52.2 Å². The highest BCUT2D eigenvalue weighted by Crippen LogP contribution is 2.06. The maximum atomic E-state index is 12.7. The standard InChI is InChI=1S/C12H12FN5O/c1-7-6-10(19)17-12(15-7)18-11(14)16-9-4-2-8(13)3-5-9/h2-6H,1H3,(H4,14,15,16,17,18,19)/p+1. The van der Waals surface area contributed by atoms with E-state index < -0.39 is 0 Å². The summed E-state index contributed by atoms with van der Waals surface area (Å²) in [6.45, 7) is 1.70. The summed E-state index contributed by atoms with van der Waals surface area (Å²) in [6, 6.07) is 7.06. The molecule has 2 rings (SSSR count). The molecule has 0 saturated carbocycles. The zero-order chi connectivity index (χ0) is 13.8. The summed E-state index contributed by atoms with van der Waals surface area (Å²) in [5.41, 5.74) is 6.62. The van der Waals surface area contributed by atoms with Gasteiger partial charge in [-0.2, -0.15) is 0 Å². The minimum absolute atomic E-state index is 0.167. The van der Waals surface area contributed by atoms with Gasteiger partial charge >= 0.3 is 5.95 Å². The van der Waals surface area contributed by atoms with Crippen molar-refractivity contribution in [1.29, 1.82) is 0 Å². The molecule has 2 aromatic rings. The molecule has 6 nitrogen and oxygen atoms in total. The number of aryl methyl sites for hydroxylation is 1. The summed E-state index contributed by atoms with van der Waals surface area (Å²) < 4.78 is 12.7. The van der Waals surface area contributed by atoms with Crippen LogP contribution in [0.2, 0.25) is 0 Å². The summed E-state index contributed by atoms with van der Waals surface area (Å²) in [5.74, 6) is 0.0687. The Morgan fingerprint density at radius 1 is 1.42 bits per heavy atom. The van der Waals surface area contributed by atoms with Crippen LogP contribution >= 0.6 is 0 Å². The number of guanidine groups is 1. The second kappa shape index (κ2) is 5.30. The maximum Gasteiger partial charge on any atom is 0.325 e. The van der Waals surface area contributed by atoms with Crippen molar-refractivity contribution in [3.63, 3.8) is 0 Å². The van der Waals surface area contributed by atoms with Gasteiger partial charge in [0, 0.05) is 6.07 Å². The normalized spacial score (nSPS) is 11.4. The van der Waals surface area contributed by atoms with Gasteiger partial charge in [-0.25, -0.2) is 14.4 Å². The molecule has 0 aliphatic rings. The van der Waals surface area contributed by atoms with Crippen LogP contribution in [0.15, 0.2) is 35.1 Å². The zero-order valence-corrected chi connectivity index (χ0v) is 10.2. The second-order valence-electron chi connectivity index (χ2n) is 3.91. The number of anilines is 1. The van der Waals surface area contributed by atoms with Crippen LogP contribution in [-0.2, 0) is 0 Å². The minimum atomic E-state index is -0.332. The summed E-state index contributed by atoms with van der Waals surface area (Å²) in [4.78, 5) is 20.5. The largest absolute Gasteiger partial charge is 0.325 e. The fourth-order valence-corrected chi connectivity index (χ4v) is 1.49.